The third-order valence-electron chi connectivity index (χ3n) is 3.76. The molecule has 6 heteroatoms. The minimum atomic E-state index is -4.42. The maximum atomic E-state index is 12.6. The molecule has 3 nitrogen and oxygen atoms in total. The topological polar surface area (TPSA) is 57.5 Å². The van der Waals surface area contributed by atoms with E-state index in [0.29, 0.717) is 29.5 Å². The number of rotatable bonds is 5. The van der Waals surface area contributed by atoms with Crippen LogP contribution in [-0.2, 0) is 11.0 Å². The third kappa shape index (κ3) is 4.07. The zero-order valence-corrected chi connectivity index (χ0v) is 13.0. The molecule has 2 rings (SSSR count). The molecule has 0 amide bonds. The molecule has 0 aliphatic heterocycles. The number of benzene rings is 2. The van der Waals surface area contributed by atoms with Gasteiger partial charge >= 0.3 is 12.1 Å². The quantitative estimate of drug-likeness (QED) is 0.802. The molecule has 0 aromatic heterocycles. The standard InChI is InChI=1S/C18H17F3O3/c1-2-3-16(17(23)24)13-8-12(9-15(22)10-13)11-4-6-14(7-5-11)18(19,20)21/h4-10,16,22H,2-3H2,1H3,(H,23,24). The average molecular weight is 338 g/mol. The summed E-state index contributed by atoms with van der Waals surface area (Å²) in [5.74, 6) is -1.89. The van der Waals surface area contributed by atoms with Crippen molar-refractivity contribution in [3.05, 3.63) is 53.6 Å². The fourth-order valence-electron chi connectivity index (χ4n) is 2.58. The number of alkyl halides is 3. The third-order valence-corrected chi connectivity index (χ3v) is 3.76. The van der Waals surface area contributed by atoms with Crippen LogP contribution in [0, 0.1) is 0 Å². The molecule has 0 bridgehead atoms. The van der Waals surface area contributed by atoms with Gasteiger partial charge in [0.2, 0.25) is 0 Å². The molecule has 1 unspecified atom stereocenters. The molecular formula is C18H17F3O3. The Bertz CT molecular complexity index is 721. The van der Waals surface area contributed by atoms with Gasteiger partial charge in [0, 0.05) is 0 Å². The lowest BCUT2D eigenvalue weighted by molar-refractivity contribution is -0.139. The van der Waals surface area contributed by atoms with Gasteiger partial charge in [0.25, 0.3) is 0 Å². The summed E-state index contributed by atoms with van der Waals surface area (Å²) >= 11 is 0. The molecule has 0 saturated heterocycles. The molecule has 0 saturated carbocycles. The van der Waals surface area contributed by atoms with E-state index in [1.807, 2.05) is 6.92 Å². The predicted octanol–water partition coefficient (Wildman–Crippen LogP) is 5.05. The number of carboxylic acid groups (broad SMARTS) is 1. The molecule has 0 aliphatic rings. The van der Waals surface area contributed by atoms with Gasteiger partial charge in [0.05, 0.1) is 11.5 Å². The highest BCUT2D eigenvalue weighted by Gasteiger charge is 2.30. The fraction of sp³-hybridized carbons (Fsp3) is 0.278. The number of carbonyl (C=O) groups is 1. The van der Waals surface area contributed by atoms with Crippen LogP contribution in [0.25, 0.3) is 11.1 Å². The number of aromatic hydroxyl groups is 1. The lowest BCUT2D eigenvalue weighted by atomic mass is 9.91. The first-order valence-corrected chi connectivity index (χ1v) is 7.46. The van der Waals surface area contributed by atoms with Gasteiger partial charge in [-0.05, 0) is 47.4 Å². The van der Waals surface area contributed by atoms with Gasteiger partial charge in [-0.2, -0.15) is 13.2 Å². The highest BCUT2D eigenvalue weighted by atomic mass is 19.4. The Labute approximate surface area is 137 Å². The van der Waals surface area contributed by atoms with Crippen molar-refractivity contribution in [3.8, 4) is 16.9 Å². The second-order valence-electron chi connectivity index (χ2n) is 5.57. The molecule has 2 aromatic carbocycles. The molecule has 128 valence electrons. The normalized spacial score (nSPS) is 12.8. The van der Waals surface area contributed by atoms with Gasteiger partial charge < -0.3 is 10.2 Å². The van der Waals surface area contributed by atoms with Crippen molar-refractivity contribution in [1.82, 2.24) is 0 Å². The number of hydrogen-bond donors (Lipinski definition) is 2. The van der Waals surface area contributed by atoms with E-state index in [9.17, 15) is 28.2 Å². The Hall–Kier alpha value is -2.50. The van der Waals surface area contributed by atoms with Gasteiger partial charge in [-0.15, -0.1) is 0 Å². The van der Waals surface area contributed by atoms with Crippen LogP contribution in [0.4, 0.5) is 13.2 Å². The van der Waals surface area contributed by atoms with E-state index in [4.69, 9.17) is 0 Å². The predicted molar refractivity (Wildman–Crippen MR) is 83.8 cm³/mol. The van der Waals surface area contributed by atoms with Crippen molar-refractivity contribution in [3.63, 3.8) is 0 Å². The average Bonchev–Trinajstić information content (AvgIpc) is 2.51. The van der Waals surface area contributed by atoms with Crippen LogP contribution in [0.5, 0.6) is 5.75 Å². The first-order chi connectivity index (χ1) is 11.2. The molecular weight excluding hydrogens is 321 g/mol. The van der Waals surface area contributed by atoms with E-state index < -0.39 is 23.6 Å². The van der Waals surface area contributed by atoms with Gasteiger partial charge in [-0.25, -0.2) is 0 Å². The van der Waals surface area contributed by atoms with Gasteiger partial charge in [0.15, 0.2) is 0 Å². The Morgan fingerprint density at radius 2 is 1.71 bits per heavy atom. The minimum absolute atomic E-state index is 0.121. The van der Waals surface area contributed by atoms with Crippen LogP contribution < -0.4 is 0 Å². The van der Waals surface area contributed by atoms with Crippen LogP contribution >= 0.6 is 0 Å². The van der Waals surface area contributed by atoms with Crippen LogP contribution in [0.1, 0.15) is 36.8 Å². The van der Waals surface area contributed by atoms with E-state index in [1.165, 1.54) is 24.3 Å². The Morgan fingerprint density at radius 1 is 1.08 bits per heavy atom. The van der Waals surface area contributed by atoms with Crippen LogP contribution in [0.3, 0.4) is 0 Å². The smallest absolute Gasteiger partial charge is 0.416 e. The summed E-state index contributed by atoms with van der Waals surface area (Å²) in [6.45, 7) is 1.86. The SMILES string of the molecule is CCCC(C(=O)O)c1cc(O)cc(-c2ccc(C(F)(F)F)cc2)c1. The Kier molecular flexibility index (Phi) is 5.17. The van der Waals surface area contributed by atoms with Crippen molar-refractivity contribution in [2.45, 2.75) is 31.9 Å². The summed E-state index contributed by atoms with van der Waals surface area (Å²) < 4.78 is 37.9. The lowest BCUT2D eigenvalue weighted by Gasteiger charge is -2.14. The summed E-state index contributed by atoms with van der Waals surface area (Å²) in [6, 6.07) is 8.89. The van der Waals surface area contributed by atoms with Crippen LogP contribution in [0.2, 0.25) is 0 Å². The monoisotopic (exact) mass is 338 g/mol. The summed E-state index contributed by atoms with van der Waals surface area (Å²) in [4.78, 5) is 11.4. The van der Waals surface area contributed by atoms with Gasteiger partial charge in [-0.1, -0.05) is 31.5 Å². The number of phenolic OH excluding ortho intramolecular Hbond substituents is 1. The lowest BCUT2D eigenvalue weighted by Crippen LogP contribution is -2.11. The van der Waals surface area contributed by atoms with Crippen molar-refractivity contribution in [2.75, 3.05) is 0 Å². The van der Waals surface area contributed by atoms with Gasteiger partial charge in [0.1, 0.15) is 5.75 Å². The van der Waals surface area contributed by atoms with E-state index in [0.717, 1.165) is 12.1 Å². The number of aliphatic carboxylic acids is 1. The maximum absolute atomic E-state index is 12.6. The van der Waals surface area contributed by atoms with Crippen LogP contribution in [0.15, 0.2) is 42.5 Å². The number of hydrogen-bond acceptors (Lipinski definition) is 2. The molecule has 0 spiro atoms. The Balaban J connectivity index is 2.42. The molecule has 2 N–H and O–H groups in total. The highest BCUT2D eigenvalue weighted by molar-refractivity contribution is 5.78. The molecule has 0 fully saturated rings. The number of phenols is 1. The number of halogens is 3. The molecule has 24 heavy (non-hydrogen) atoms. The maximum Gasteiger partial charge on any atom is 0.416 e. The summed E-state index contributed by atoms with van der Waals surface area (Å²) in [7, 11) is 0. The first-order valence-electron chi connectivity index (χ1n) is 7.46. The van der Waals surface area contributed by atoms with E-state index in [2.05, 4.69) is 0 Å². The Morgan fingerprint density at radius 3 is 2.21 bits per heavy atom. The zero-order valence-electron chi connectivity index (χ0n) is 13.0. The molecule has 0 heterocycles. The van der Waals surface area contributed by atoms with Crippen LogP contribution in [-0.4, -0.2) is 16.2 Å². The van der Waals surface area contributed by atoms with Gasteiger partial charge in [-0.3, -0.25) is 4.79 Å². The molecule has 0 radical (unpaired) electrons. The van der Waals surface area contributed by atoms with E-state index in [-0.39, 0.29) is 5.75 Å². The molecule has 1 atom stereocenters. The van der Waals surface area contributed by atoms with Crippen molar-refractivity contribution in [1.29, 1.82) is 0 Å². The number of carboxylic acids is 1. The molecule has 0 aliphatic carbocycles. The second kappa shape index (κ2) is 6.95. The zero-order chi connectivity index (χ0) is 17.9. The largest absolute Gasteiger partial charge is 0.508 e. The van der Waals surface area contributed by atoms with E-state index >= 15 is 0 Å². The molecule has 2 aromatic rings. The minimum Gasteiger partial charge on any atom is -0.508 e. The second-order valence-corrected chi connectivity index (χ2v) is 5.57. The summed E-state index contributed by atoms with van der Waals surface area (Å²) in [5.41, 5.74) is 0.613. The highest BCUT2D eigenvalue weighted by Crippen LogP contribution is 2.34. The van der Waals surface area contributed by atoms with E-state index in [1.54, 1.807) is 6.07 Å². The van der Waals surface area contributed by atoms with Crippen molar-refractivity contribution < 1.29 is 28.2 Å². The van der Waals surface area contributed by atoms with Crippen molar-refractivity contribution in [2.24, 2.45) is 0 Å². The fourth-order valence-corrected chi connectivity index (χ4v) is 2.58. The summed E-state index contributed by atoms with van der Waals surface area (Å²) in [5, 5.41) is 19.2. The first kappa shape index (κ1) is 17.8. The summed E-state index contributed by atoms with van der Waals surface area (Å²) in [6.07, 6.45) is -3.36. The van der Waals surface area contributed by atoms with Crippen molar-refractivity contribution >= 4 is 5.97 Å².